The molecule has 2 aromatic rings. The average Bonchev–Trinajstić information content (AvgIpc) is 2.26. The molecule has 15 heavy (non-hydrogen) atoms. The molecule has 0 atom stereocenters. The fraction of sp³-hybridized carbons (Fsp3) is 0.0833. The van der Waals surface area contributed by atoms with Crippen LogP contribution in [0.3, 0.4) is 0 Å². The average molecular weight is 199 g/mol. The van der Waals surface area contributed by atoms with Crippen LogP contribution in [0.1, 0.15) is 5.56 Å². The van der Waals surface area contributed by atoms with E-state index in [1.807, 2.05) is 47.2 Å². The number of nitrogens with two attached hydrogens (primary N) is 1. The van der Waals surface area contributed by atoms with Crippen LogP contribution in [0.2, 0.25) is 0 Å². The zero-order chi connectivity index (χ0) is 10.7. The van der Waals surface area contributed by atoms with E-state index >= 15 is 0 Å². The van der Waals surface area contributed by atoms with Gasteiger partial charge in [0.25, 0.3) is 0 Å². The van der Waals surface area contributed by atoms with Crippen LogP contribution < -0.4 is 11.2 Å². The lowest BCUT2D eigenvalue weighted by Gasteiger charge is -2.07. The summed E-state index contributed by atoms with van der Waals surface area (Å²) in [6.07, 6.45) is 1.87. The van der Waals surface area contributed by atoms with Crippen LogP contribution in [0.5, 0.6) is 0 Å². The van der Waals surface area contributed by atoms with Gasteiger partial charge in [-0.05, 0) is 17.7 Å². The molecule has 0 aliphatic rings. The molecule has 0 bridgehead atoms. The zero-order valence-corrected chi connectivity index (χ0v) is 8.35. The van der Waals surface area contributed by atoms with Crippen LogP contribution in [0.4, 0.5) is 5.69 Å². The van der Waals surface area contributed by atoms with E-state index in [1.165, 1.54) is 5.56 Å². The lowest BCUT2D eigenvalue weighted by atomic mass is 10.2. The highest BCUT2D eigenvalue weighted by Crippen LogP contribution is 2.01. The predicted octanol–water partition coefficient (Wildman–Crippen LogP) is 1.60. The Morgan fingerprint density at radius 3 is 2.53 bits per heavy atom. The molecule has 0 aliphatic carbocycles. The van der Waals surface area contributed by atoms with Gasteiger partial charge < -0.3 is 10.3 Å². The van der Waals surface area contributed by atoms with E-state index in [4.69, 9.17) is 11.1 Å². The van der Waals surface area contributed by atoms with E-state index in [1.54, 1.807) is 6.07 Å². The fourth-order valence-corrected chi connectivity index (χ4v) is 1.48. The fourth-order valence-electron chi connectivity index (χ4n) is 1.48. The summed E-state index contributed by atoms with van der Waals surface area (Å²) in [4.78, 5) is 0. The normalized spacial score (nSPS) is 10.1. The van der Waals surface area contributed by atoms with Gasteiger partial charge in [0, 0.05) is 12.7 Å². The maximum Gasteiger partial charge on any atom is 0.148 e. The number of pyridine rings is 1. The smallest absolute Gasteiger partial charge is 0.148 e. The number of hydrogen-bond donors (Lipinski definition) is 2. The number of rotatable bonds is 2. The molecular formula is C12H13N3. The molecule has 0 unspecified atom stereocenters. The van der Waals surface area contributed by atoms with Crippen molar-refractivity contribution in [3.63, 3.8) is 0 Å². The molecule has 0 saturated carbocycles. The van der Waals surface area contributed by atoms with Crippen molar-refractivity contribution < 1.29 is 0 Å². The Morgan fingerprint density at radius 2 is 1.80 bits per heavy atom. The predicted molar refractivity (Wildman–Crippen MR) is 60.2 cm³/mol. The Balaban J connectivity index is 2.33. The second-order valence-corrected chi connectivity index (χ2v) is 3.43. The first kappa shape index (κ1) is 9.52. The molecular weight excluding hydrogens is 186 g/mol. The number of nitrogens with zero attached hydrogens (tertiary/aromatic N) is 1. The largest absolute Gasteiger partial charge is 0.396 e. The molecule has 0 amide bonds. The molecule has 3 nitrogen and oxygen atoms in total. The molecule has 0 saturated heterocycles. The molecule has 3 N–H and O–H groups in total. The summed E-state index contributed by atoms with van der Waals surface area (Å²) in [6.45, 7) is 0.685. The lowest BCUT2D eigenvalue weighted by molar-refractivity contribution is 0.734. The number of anilines is 1. The van der Waals surface area contributed by atoms with Gasteiger partial charge in [0.05, 0.1) is 5.69 Å². The van der Waals surface area contributed by atoms with Gasteiger partial charge in [-0.3, -0.25) is 5.41 Å². The van der Waals surface area contributed by atoms with Crippen molar-refractivity contribution in [1.29, 1.82) is 5.41 Å². The third-order valence-electron chi connectivity index (χ3n) is 2.30. The minimum absolute atomic E-state index is 0.362. The van der Waals surface area contributed by atoms with Crippen LogP contribution in [-0.4, -0.2) is 4.57 Å². The molecule has 0 aliphatic heterocycles. The van der Waals surface area contributed by atoms with Gasteiger partial charge in [-0.25, -0.2) is 0 Å². The number of benzene rings is 1. The van der Waals surface area contributed by atoms with Gasteiger partial charge in [0.15, 0.2) is 0 Å². The summed E-state index contributed by atoms with van der Waals surface area (Å²) in [5, 5.41) is 7.78. The second-order valence-electron chi connectivity index (χ2n) is 3.43. The minimum atomic E-state index is 0.362. The highest BCUT2D eigenvalue weighted by Gasteiger charge is 1.96. The summed E-state index contributed by atoms with van der Waals surface area (Å²) < 4.78 is 1.82. The van der Waals surface area contributed by atoms with E-state index in [9.17, 15) is 0 Å². The van der Waals surface area contributed by atoms with E-state index in [-0.39, 0.29) is 0 Å². The molecule has 1 heterocycles. The van der Waals surface area contributed by atoms with Crippen LogP contribution >= 0.6 is 0 Å². The van der Waals surface area contributed by atoms with Crippen LogP contribution in [0, 0.1) is 5.41 Å². The Bertz CT molecular complexity index is 500. The number of nitrogens with one attached hydrogen (secondary N) is 1. The van der Waals surface area contributed by atoms with Gasteiger partial charge in [-0.2, -0.15) is 0 Å². The summed E-state index contributed by atoms with van der Waals surface area (Å²) in [6, 6.07) is 13.6. The monoisotopic (exact) mass is 199 g/mol. The maximum absolute atomic E-state index is 7.78. The van der Waals surface area contributed by atoms with E-state index in [0.29, 0.717) is 17.7 Å². The van der Waals surface area contributed by atoms with Crippen molar-refractivity contribution in [2.24, 2.45) is 0 Å². The van der Waals surface area contributed by atoms with Crippen LogP contribution in [0.15, 0.2) is 48.7 Å². The van der Waals surface area contributed by atoms with Gasteiger partial charge >= 0.3 is 0 Å². The minimum Gasteiger partial charge on any atom is -0.396 e. The quantitative estimate of drug-likeness (QED) is 0.758. The van der Waals surface area contributed by atoms with Crippen molar-refractivity contribution >= 4 is 5.69 Å². The highest BCUT2D eigenvalue weighted by molar-refractivity contribution is 5.32. The first-order valence-electron chi connectivity index (χ1n) is 4.81. The maximum atomic E-state index is 7.78. The topological polar surface area (TPSA) is 54.8 Å². The van der Waals surface area contributed by atoms with Gasteiger partial charge in [0.1, 0.15) is 5.49 Å². The molecule has 3 heteroatoms. The summed E-state index contributed by atoms with van der Waals surface area (Å²) in [5.41, 5.74) is 7.70. The second kappa shape index (κ2) is 4.00. The highest BCUT2D eigenvalue weighted by atomic mass is 15.0. The Kier molecular flexibility index (Phi) is 2.54. The summed E-state index contributed by atoms with van der Waals surface area (Å²) in [7, 11) is 0. The van der Waals surface area contributed by atoms with Crippen LogP contribution in [0.25, 0.3) is 0 Å². The molecule has 0 fully saturated rings. The number of nitrogen functional groups attached to an aromatic ring is 1. The summed E-state index contributed by atoms with van der Waals surface area (Å²) in [5.74, 6) is 0. The van der Waals surface area contributed by atoms with Crippen molar-refractivity contribution in [3.05, 3.63) is 59.7 Å². The lowest BCUT2D eigenvalue weighted by Crippen LogP contribution is -2.22. The molecule has 0 radical (unpaired) electrons. The van der Waals surface area contributed by atoms with Crippen molar-refractivity contribution in [1.82, 2.24) is 4.57 Å². The van der Waals surface area contributed by atoms with E-state index < -0.39 is 0 Å². The zero-order valence-electron chi connectivity index (χ0n) is 8.35. The Labute approximate surface area is 88.3 Å². The molecule has 76 valence electrons. The molecule has 1 aromatic carbocycles. The van der Waals surface area contributed by atoms with Crippen molar-refractivity contribution in [3.8, 4) is 0 Å². The number of hydrogen-bond acceptors (Lipinski definition) is 2. The van der Waals surface area contributed by atoms with Crippen molar-refractivity contribution in [2.75, 3.05) is 5.73 Å². The Hall–Kier alpha value is -2.03. The number of aromatic nitrogens is 1. The van der Waals surface area contributed by atoms with Gasteiger partial charge in [-0.1, -0.05) is 30.3 Å². The Morgan fingerprint density at radius 1 is 1.07 bits per heavy atom. The first-order valence-corrected chi connectivity index (χ1v) is 4.81. The van der Waals surface area contributed by atoms with Gasteiger partial charge in [-0.15, -0.1) is 0 Å². The standard InChI is InChI=1S/C12H13N3/c13-11-7-4-8-15(12(11)14)9-10-5-2-1-3-6-10/h1-8,14H,9,13H2. The van der Waals surface area contributed by atoms with E-state index in [2.05, 4.69) is 0 Å². The third-order valence-corrected chi connectivity index (χ3v) is 2.30. The van der Waals surface area contributed by atoms with Crippen molar-refractivity contribution in [2.45, 2.75) is 6.54 Å². The SMILES string of the molecule is N=c1c(N)cccn1Cc1ccccc1. The summed E-state index contributed by atoms with van der Waals surface area (Å²) >= 11 is 0. The third kappa shape index (κ3) is 2.07. The first-order chi connectivity index (χ1) is 7.27. The van der Waals surface area contributed by atoms with E-state index in [0.717, 1.165) is 0 Å². The molecule has 0 spiro atoms. The van der Waals surface area contributed by atoms with Crippen LogP contribution in [-0.2, 0) is 6.54 Å². The molecule has 2 rings (SSSR count). The van der Waals surface area contributed by atoms with Gasteiger partial charge in [0.2, 0.25) is 0 Å². The molecule has 1 aromatic heterocycles.